The van der Waals surface area contributed by atoms with Gasteiger partial charge in [-0.15, -0.1) is 0 Å². The lowest BCUT2D eigenvalue weighted by Crippen LogP contribution is -2.45. The first kappa shape index (κ1) is 28.7. The van der Waals surface area contributed by atoms with Gasteiger partial charge in [-0.1, -0.05) is 13.0 Å². The number of nitrogens with two attached hydrogens (primary N) is 1. The van der Waals surface area contributed by atoms with E-state index in [4.69, 9.17) is 15.2 Å². The molecule has 0 bridgehead atoms. The quantitative estimate of drug-likeness (QED) is 0.436. The van der Waals surface area contributed by atoms with E-state index in [0.717, 1.165) is 56.7 Å². The van der Waals surface area contributed by atoms with Crippen molar-refractivity contribution < 1.29 is 27.4 Å². The van der Waals surface area contributed by atoms with Crippen LogP contribution in [0.4, 0.5) is 19.0 Å². The third kappa shape index (κ3) is 6.91. The average Bonchev–Trinajstić information content (AvgIpc) is 3.64. The molecule has 3 aromatic rings. The lowest BCUT2D eigenvalue weighted by molar-refractivity contribution is -0.138. The van der Waals surface area contributed by atoms with Gasteiger partial charge in [0.15, 0.2) is 0 Å². The minimum atomic E-state index is -4.47. The van der Waals surface area contributed by atoms with E-state index < -0.39 is 17.6 Å². The number of pyridine rings is 1. The maximum Gasteiger partial charge on any atom is 0.416 e. The summed E-state index contributed by atoms with van der Waals surface area (Å²) in [6.07, 6.45) is -1.28. The maximum atomic E-state index is 13.3. The Hall–Kier alpha value is -3.83. The van der Waals surface area contributed by atoms with Crippen molar-refractivity contribution in [2.24, 2.45) is 0 Å². The van der Waals surface area contributed by atoms with Crippen LogP contribution in [0, 0.1) is 0 Å². The number of nitrogens with zero attached hydrogens (tertiary/aromatic N) is 3. The molecule has 3 aliphatic rings. The number of halogens is 3. The van der Waals surface area contributed by atoms with Gasteiger partial charge in [-0.2, -0.15) is 13.2 Å². The Kier molecular flexibility index (Phi) is 8.37. The minimum Gasteiger partial charge on any atom is -0.489 e. The molecule has 2 aliphatic heterocycles. The lowest BCUT2D eigenvalue weighted by atomic mass is 10.0. The van der Waals surface area contributed by atoms with Gasteiger partial charge in [0.2, 0.25) is 0 Å². The van der Waals surface area contributed by atoms with Crippen molar-refractivity contribution in [3.05, 3.63) is 77.0 Å². The standard InChI is InChI=1S/C16H22F3N3O.C14H12N2O2/c1-3-21-6-8-22(9-7-21)11-13-5-4-12(15(23)20-2)10-14(13)16(17,18)19;15-14-6-9(3-4-16-14)17-8-1-2-12-10(5-8)11-7-13(11)18-12/h4-5,10H,3,6-9,11H2,1-2H3,(H,20,23);1-6,11,13H,7H2,(H2,15,16). The van der Waals surface area contributed by atoms with Crippen LogP contribution in [-0.4, -0.2) is 66.6 Å². The van der Waals surface area contributed by atoms with E-state index in [9.17, 15) is 18.0 Å². The van der Waals surface area contributed by atoms with Crippen molar-refractivity contribution >= 4 is 11.7 Å². The van der Waals surface area contributed by atoms with Crippen LogP contribution in [0.15, 0.2) is 54.7 Å². The number of likely N-dealkylation sites (N-methyl/N-ethyl adjacent to an activating group) is 1. The van der Waals surface area contributed by atoms with Gasteiger partial charge >= 0.3 is 6.18 Å². The Morgan fingerprint density at radius 3 is 2.49 bits per heavy atom. The fourth-order valence-corrected chi connectivity index (χ4v) is 5.18. The number of piperazine rings is 1. The van der Waals surface area contributed by atoms with Gasteiger partial charge in [-0.25, -0.2) is 4.98 Å². The second-order valence-electron chi connectivity index (χ2n) is 10.4. The summed E-state index contributed by atoms with van der Waals surface area (Å²) in [5.41, 5.74) is 6.40. The van der Waals surface area contributed by atoms with Crippen LogP contribution in [0.1, 0.15) is 46.3 Å². The molecule has 1 aliphatic carbocycles. The first-order valence-corrected chi connectivity index (χ1v) is 13.7. The van der Waals surface area contributed by atoms with Crippen LogP contribution in [0.5, 0.6) is 17.2 Å². The molecule has 8 nitrogen and oxygen atoms in total. The molecule has 2 aromatic carbocycles. The highest BCUT2D eigenvalue weighted by atomic mass is 19.4. The molecule has 1 amide bonds. The number of benzene rings is 2. The Morgan fingerprint density at radius 1 is 1.07 bits per heavy atom. The molecule has 3 N–H and O–H groups in total. The van der Waals surface area contributed by atoms with Crippen LogP contribution in [0.3, 0.4) is 0 Å². The Labute approximate surface area is 237 Å². The summed E-state index contributed by atoms with van der Waals surface area (Å²) in [6.45, 7) is 6.53. The molecule has 218 valence electrons. The predicted molar refractivity (Wildman–Crippen MR) is 149 cm³/mol. The van der Waals surface area contributed by atoms with Crippen molar-refractivity contribution in [3.8, 4) is 17.2 Å². The van der Waals surface area contributed by atoms with Gasteiger partial charge in [0.1, 0.15) is 29.2 Å². The van der Waals surface area contributed by atoms with Gasteiger partial charge in [-0.05, 0) is 54.9 Å². The van der Waals surface area contributed by atoms with E-state index >= 15 is 0 Å². The monoisotopic (exact) mass is 569 g/mol. The molecule has 3 heterocycles. The largest absolute Gasteiger partial charge is 0.489 e. The first-order valence-electron chi connectivity index (χ1n) is 13.7. The molecule has 1 saturated heterocycles. The van der Waals surface area contributed by atoms with Gasteiger partial charge in [0.25, 0.3) is 5.91 Å². The van der Waals surface area contributed by atoms with Gasteiger partial charge in [0.05, 0.1) is 5.56 Å². The van der Waals surface area contributed by atoms with Crippen LogP contribution >= 0.6 is 0 Å². The molecule has 1 saturated carbocycles. The summed E-state index contributed by atoms with van der Waals surface area (Å²) in [5, 5.41) is 2.35. The minimum absolute atomic E-state index is 0.0272. The molecular formula is C30H34F3N5O3. The highest BCUT2D eigenvalue weighted by Crippen LogP contribution is 2.54. The summed E-state index contributed by atoms with van der Waals surface area (Å²) in [6, 6.07) is 13.3. The van der Waals surface area contributed by atoms with E-state index in [1.165, 1.54) is 24.7 Å². The highest BCUT2D eigenvalue weighted by Gasteiger charge is 2.48. The van der Waals surface area contributed by atoms with Gasteiger partial charge < -0.3 is 25.4 Å². The summed E-state index contributed by atoms with van der Waals surface area (Å²) >= 11 is 0. The predicted octanol–water partition coefficient (Wildman–Crippen LogP) is 4.91. The zero-order valence-electron chi connectivity index (χ0n) is 23.1. The van der Waals surface area contributed by atoms with Gasteiger partial charge in [0, 0.05) is 69.1 Å². The van der Waals surface area contributed by atoms with Crippen molar-refractivity contribution in [3.63, 3.8) is 0 Å². The van der Waals surface area contributed by atoms with Crippen LogP contribution < -0.4 is 20.5 Å². The Bertz CT molecular complexity index is 1390. The summed E-state index contributed by atoms with van der Waals surface area (Å²) < 4.78 is 51.4. The molecule has 2 unspecified atom stereocenters. The molecule has 1 aromatic heterocycles. The van der Waals surface area contributed by atoms with E-state index in [1.54, 1.807) is 18.3 Å². The maximum absolute atomic E-state index is 13.3. The zero-order valence-corrected chi connectivity index (χ0v) is 23.1. The average molecular weight is 570 g/mol. The SMILES string of the molecule is CCN1CCN(Cc2ccc(C(=O)NC)cc2C(F)(F)F)CC1.Nc1cc(Oc2ccc3c(c2)C2CC2O3)ccn1. The first-order chi connectivity index (χ1) is 19.6. The fraction of sp³-hybridized carbons (Fsp3) is 0.400. The number of hydrogen-bond donors (Lipinski definition) is 2. The van der Waals surface area contributed by atoms with Crippen molar-refractivity contribution in [2.45, 2.75) is 38.1 Å². The third-order valence-electron chi connectivity index (χ3n) is 7.59. The number of amides is 1. The number of rotatable bonds is 6. The lowest BCUT2D eigenvalue weighted by Gasteiger charge is -2.34. The topological polar surface area (TPSA) is 93.0 Å². The molecular weight excluding hydrogens is 535 g/mol. The van der Waals surface area contributed by atoms with E-state index in [2.05, 4.69) is 28.2 Å². The molecule has 11 heteroatoms. The van der Waals surface area contributed by atoms with Crippen LogP contribution in [-0.2, 0) is 12.7 Å². The fourth-order valence-electron chi connectivity index (χ4n) is 5.18. The summed E-state index contributed by atoms with van der Waals surface area (Å²) in [7, 11) is 1.40. The molecule has 2 fully saturated rings. The van der Waals surface area contributed by atoms with Crippen molar-refractivity contribution in [1.82, 2.24) is 20.1 Å². The second kappa shape index (κ2) is 12.0. The van der Waals surface area contributed by atoms with Gasteiger partial charge in [-0.3, -0.25) is 9.69 Å². The van der Waals surface area contributed by atoms with Crippen LogP contribution in [0.2, 0.25) is 0 Å². The number of fused-ring (bicyclic) bond motifs is 3. The molecule has 2 atom stereocenters. The Balaban J connectivity index is 0.000000168. The van der Waals surface area contributed by atoms with E-state index in [1.807, 2.05) is 17.0 Å². The molecule has 0 radical (unpaired) electrons. The number of aromatic nitrogens is 1. The number of alkyl halides is 3. The highest BCUT2D eigenvalue weighted by molar-refractivity contribution is 5.94. The number of hydrogen-bond acceptors (Lipinski definition) is 7. The third-order valence-corrected chi connectivity index (χ3v) is 7.59. The number of nitrogen functional groups attached to an aromatic ring is 1. The number of ether oxygens (including phenoxy) is 2. The number of nitrogens with one attached hydrogen (secondary N) is 1. The van der Waals surface area contributed by atoms with E-state index in [-0.39, 0.29) is 17.7 Å². The molecule has 6 rings (SSSR count). The molecule has 41 heavy (non-hydrogen) atoms. The normalized spacial score (nSPS) is 19.7. The summed E-state index contributed by atoms with van der Waals surface area (Å²) in [4.78, 5) is 19.8. The second-order valence-corrected chi connectivity index (χ2v) is 10.4. The zero-order chi connectivity index (χ0) is 29.1. The number of carbonyl (C=O) groups is 1. The van der Waals surface area contributed by atoms with Crippen molar-refractivity contribution in [1.29, 1.82) is 0 Å². The van der Waals surface area contributed by atoms with E-state index in [0.29, 0.717) is 23.6 Å². The summed E-state index contributed by atoms with van der Waals surface area (Å²) in [5.74, 6) is 3.03. The molecule has 0 spiro atoms. The number of carbonyl (C=O) groups excluding carboxylic acids is 1. The number of anilines is 1. The Morgan fingerprint density at radius 2 is 1.80 bits per heavy atom. The van der Waals surface area contributed by atoms with Crippen molar-refractivity contribution in [2.75, 3.05) is 45.5 Å². The van der Waals surface area contributed by atoms with Crippen LogP contribution in [0.25, 0.3) is 0 Å². The smallest absolute Gasteiger partial charge is 0.416 e.